The van der Waals surface area contributed by atoms with Gasteiger partial charge in [0.2, 0.25) is 0 Å². The Balaban J connectivity index is 3.41. The summed E-state index contributed by atoms with van der Waals surface area (Å²) >= 11 is 0. The van der Waals surface area contributed by atoms with E-state index >= 15 is 0 Å². The smallest absolute Gasteiger partial charge is 0.291 e. The van der Waals surface area contributed by atoms with Gasteiger partial charge in [0.25, 0.3) is 12.1 Å². The van der Waals surface area contributed by atoms with Gasteiger partial charge in [-0.1, -0.05) is 0 Å². The van der Waals surface area contributed by atoms with Crippen molar-refractivity contribution in [2.75, 3.05) is 5.73 Å². The second-order valence-corrected chi connectivity index (χ2v) is 2.63. The van der Waals surface area contributed by atoms with Gasteiger partial charge in [-0.05, 0) is 6.92 Å². The van der Waals surface area contributed by atoms with Crippen molar-refractivity contribution >= 4 is 11.5 Å². The number of pyridine rings is 1. The van der Waals surface area contributed by atoms with Crippen LogP contribution in [0.15, 0.2) is 6.20 Å². The highest BCUT2D eigenvalue weighted by Crippen LogP contribution is 2.31. The average Bonchev–Trinajstić information content (AvgIpc) is 2.02. The molecule has 0 bridgehead atoms. The number of nitrogen functional groups attached to an aromatic ring is 1. The Morgan fingerprint density at radius 1 is 1.64 bits per heavy atom. The number of rotatable bonds is 2. The van der Waals surface area contributed by atoms with E-state index in [0.29, 0.717) is 0 Å². The molecule has 0 amide bonds. The molecule has 2 N–H and O–H groups in total. The number of nitrogens with zero attached hydrogens (tertiary/aromatic N) is 2. The first kappa shape index (κ1) is 10.3. The Morgan fingerprint density at radius 2 is 2.21 bits per heavy atom. The van der Waals surface area contributed by atoms with Gasteiger partial charge in [-0.3, -0.25) is 10.1 Å². The van der Waals surface area contributed by atoms with Gasteiger partial charge in [-0.2, -0.15) is 0 Å². The topological polar surface area (TPSA) is 82.0 Å². The number of hydrogen-bond donors (Lipinski definition) is 1. The molecule has 14 heavy (non-hydrogen) atoms. The molecule has 0 radical (unpaired) electrons. The SMILES string of the molecule is Cc1c([N+](=O)[O-])cnc(N)c1C(F)F. The number of aromatic nitrogens is 1. The second-order valence-electron chi connectivity index (χ2n) is 2.63. The molecule has 0 aliphatic rings. The van der Waals surface area contributed by atoms with Gasteiger partial charge in [0, 0.05) is 5.56 Å². The predicted molar refractivity (Wildman–Crippen MR) is 45.0 cm³/mol. The maximum absolute atomic E-state index is 12.4. The monoisotopic (exact) mass is 203 g/mol. The van der Waals surface area contributed by atoms with Crippen LogP contribution in [0.2, 0.25) is 0 Å². The molecule has 0 spiro atoms. The fourth-order valence-electron chi connectivity index (χ4n) is 1.09. The molecule has 0 fully saturated rings. The van der Waals surface area contributed by atoms with Gasteiger partial charge < -0.3 is 5.73 Å². The highest BCUT2D eigenvalue weighted by Gasteiger charge is 2.23. The van der Waals surface area contributed by atoms with Crippen LogP contribution in [0.1, 0.15) is 17.6 Å². The van der Waals surface area contributed by atoms with Crippen molar-refractivity contribution in [2.24, 2.45) is 0 Å². The first-order chi connectivity index (χ1) is 6.45. The van der Waals surface area contributed by atoms with Crippen LogP contribution in [0, 0.1) is 17.0 Å². The number of nitrogens with two attached hydrogens (primary N) is 1. The van der Waals surface area contributed by atoms with Gasteiger partial charge in [0.15, 0.2) is 0 Å². The van der Waals surface area contributed by atoms with Crippen LogP contribution in [-0.4, -0.2) is 9.91 Å². The van der Waals surface area contributed by atoms with Crippen LogP contribution >= 0.6 is 0 Å². The van der Waals surface area contributed by atoms with Crippen LogP contribution in [0.5, 0.6) is 0 Å². The molecule has 1 aromatic heterocycles. The van der Waals surface area contributed by atoms with Crippen LogP contribution < -0.4 is 5.73 Å². The first-order valence-electron chi connectivity index (χ1n) is 3.62. The molecule has 76 valence electrons. The molecule has 1 heterocycles. The maximum Gasteiger partial charge on any atom is 0.291 e. The second kappa shape index (κ2) is 3.52. The van der Waals surface area contributed by atoms with Crippen molar-refractivity contribution in [3.05, 3.63) is 27.4 Å². The lowest BCUT2D eigenvalue weighted by Crippen LogP contribution is -2.04. The summed E-state index contributed by atoms with van der Waals surface area (Å²) in [5.41, 5.74) is 4.02. The van der Waals surface area contributed by atoms with Crippen molar-refractivity contribution < 1.29 is 13.7 Å². The molecule has 0 aliphatic carbocycles. The average molecular weight is 203 g/mol. The summed E-state index contributed by atoms with van der Waals surface area (Å²) in [5, 5.41) is 10.4. The van der Waals surface area contributed by atoms with E-state index in [2.05, 4.69) is 4.98 Å². The zero-order chi connectivity index (χ0) is 10.9. The van der Waals surface area contributed by atoms with E-state index in [4.69, 9.17) is 5.73 Å². The maximum atomic E-state index is 12.4. The Morgan fingerprint density at radius 3 is 2.64 bits per heavy atom. The third-order valence-electron chi connectivity index (χ3n) is 1.81. The summed E-state index contributed by atoms with van der Waals surface area (Å²) in [6, 6.07) is 0. The molecule has 0 aromatic carbocycles. The number of hydrogen-bond acceptors (Lipinski definition) is 4. The highest BCUT2D eigenvalue weighted by atomic mass is 19.3. The molecule has 0 aliphatic heterocycles. The third-order valence-corrected chi connectivity index (χ3v) is 1.81. The summed E-state index contributed by atoms with van der Waals surface area (Å²) in [6.45, 7) is 1.22. The van der Waals surface area contributed by atoms with Gasteiger partial charge in [0.05, 0.1) is 10.5 Å². The predicted octanol–water partition coefficient (Wildman–Crippen LogP) is 1.82. The minimum absolute atomic E-state index is 0.141. The molecular weight excluding hydrogens is 196 g/mol. The highest BCUT2D eigenvalue weighted by molar-refractivity contribution is 5.53. The van der Waals surface area contributed by atoms with Crippen molar-refractivity contribution in [1.29, 1.82) is 0 Å². The van der Waals surface area contributed by atoms with Gasteiger partial charge in [-0.15, -0.1) is 0 Å². The van der Waals surface area contributed by atoms with E-state index in [1.165, 1.54) is 6.92 Å². The fourth-order valence-corrected chi connectivity index (χ4v) is 1.09. The van der Waals surface area contributed by atoms with E-state index in [1.54, 1.807) is 0 Å². The van der Waals surface area contributed by atoms with Crippen LogP contribution in [0.4, 0.5) is 20.3 Å². The Hall–Kier alpha value is -1.79. The standard InChI is InChI=1S/C7H7F2N3O2/c1-3-4(12(13)14)2-11-7(10)5(3)6(8)9/h2,6H,1H3,(H2,10,11). The Kier molecular flexibility index (Phi) is 2.59. The third kappa shape index (κ3) is 1.61. The van der Waals surface area contributed by atoms with Crippen LogP contribution in [0.25, 0.3) is 0 Å². The lowest BCUT2D eigenvalue weighted by molar-refractivity contribution is -0.385. The zero-order valence-corrected chi connectivity index (χ0v) is 7.20. The quantitative estimate of drug-likeness (QED) is 0.587. The number of halogens is 2. The van der Waals surface area contributed by atoms with E-state index in [9.17, 15) is 18.9 Å². The first-order valence-corrected chi connectivity index (χ1v) is 3.62. The van der Waals surface area contributed by atoms with Gasteiger partial charge in [0.1, 0.15) is 12.0 Å². The summed E-state index contributed by atoms with van der Waals surface area (Å²) < 4.78 is 24.8. The van der Waals surface area contributed by atoms with E-state index < -0.39 is 22.6 Å². The van der Waals surface area contributed by atoms with E-state index in [-0.39, 0.29) is 11.4 Å². The van der Waals surface area contributed by atoms with E-state index in [0.717, 1.165) is 6.20 Å². The summed E-state index contributed by atoms with van der Waals surface area (Å²) in [5.74, 6) is -0.372. The molecule has 5 nitrogen and oxygen atoms in total. The lowest BCUT2D eigenvalue weighted by atomic mass is 10.1. The largest absolute Gasteiger partial charge is 0.383 e. The molecule has 0 unspecified atom stereocenters. The minimum Gasteiger partial charge on any atom is -0.383 e. The molecular formula is C7H7F2N3O2. The summed E-state index contributed by atoms with van der Waals surface area (Å²) in [6.07, 6.45) is -1.99. The lowest BCUT2D eigenvalue weighted by Gasteiger charge is -2.06. The summed E-state index contributed by atoms with van der Waals surface area (Å²) in [7, 11) is 0. The molecule has 0 atom stereocenters. The zero-order valence-electron chi connectivity index (χ0n) is 7.20. The minimum atomic E-state index is -2.86. The van der Waals surface area contributed by atoms with Crippen molar-refractivity contribution in [2.45, 2.75) is 13.3 Å². The van der Waals surface area contributed by atoms with E-state index in [1.807, 2.05) is 0 Å². The van der Waals surface area contributed by atoms with Crippen molar-refractivity contribution in [3.63, 3.8) is 0 Å². The van der Waals surface area contributed by atoms with Crippen LogP contribution in [0.3, 0.4) is 0 Å². The molecule has 7 heteroatoms. The van der Waals surface area contributed by atoms with Crippen molar-refractivity contribution in [1.82, 2.24) is 4.98 Å². The molecule has 1 rings (SSSR count). The fraction of sp³-hybridized carbons (Fsp3) is 0.286. The molecule has 1 aromatic rings. The summed E-state index contributed by atoms with van der Waals surface area (Å²) in [4.78, 5) is 13.0. The van der Waals surface area contributed by atoms with Gasteiger partial charge >= 0.3 is 0 Å². The number of alkyl halides is 2. The Labute approximate surface area is 77.7 Å². The molecule has 0 saturated carbocycles. The molecule has 0 saturated heterocycles. The van der Waals surface area contributed by atoms with Crippen LogP contribution in [-0.2, 0) is 0 Å². The van der Waals surface area contributed by atoms with Crippen molar-refractivity contribution in [3.8, 4) is 0 Å². The Bertz CT molecular complexity index is 381. The normalized spacial score (nSPS) is 10.6. The number of nitro groups is 1. The number of anilines is 1. The van der Waals surface area contributed by atoms with Gasteiger partial charge in [-0.25, -0.2) is 13.8 Å².